The van der Waals surface area contributed by atoms with Crippen LogP contribution < -0.4 is 5.73 Å². The number of amides is 1. The smallest absolute Gasteiger partial charge is 0.255 e. The number of benzene rings is 1. The van der Waals surface area contributed by atoms with E-state index in [4.69, 9.17) is 17.3 Å². The molecule has 3 aliphatic carbocycles. The van der Waals surface area contributed by atoms with E-state index in [1.807, 2.05) is 0 Å². The van der Waals surface area contributed by atoms with Crippen LogP contribution in [0.5, 0.6) is 5.75 Å². The predicted molar refractivity (Wildman–Crippen MR) is 106 cm³/mol. The number of nitrogens with two attached hydrogens (primary N) is 1. The first kappa shape index (κ1) is 20.2. The van der Waals surface area contributed by atoms with Crippen LogP contribution in [0.25, 0.3) is 5.03 Å². The number of primary amides is 1. The van der Waals surface area contributed by atoms with E-state index in [1.54, 1.807) is 0 Å². The Balaban J connectivity index is 1.93. The largest absolute Gasteiger partial charge is 0.511 e. The van der Waals surface area contributed by atoms with Crippen molar-refractivity contribution in [1.82, 2.24) is 0 Å². The maximum absolute atomic E-state index is 13.2. The van der Waals surface area contributed by atoms with Crippen molar-refractivity contribution in [2.75, 3.05) is 0 Å². The Kier molecular flexibility index (Phi) is 4.34. The van der Waals surface area contributed by atoms with Crippen LogP contribution in [0.1, 0.15) is 34.3 Å². The molecule has 3 atom stereocenters. The third kappa shape index (κ3) is 2.47. The average Bonchev–Trinajstić information content (AvgIpc) is 2.64. The number of Topliss-reactive ketones (excluding diaryl/α,β-unsaturated/α-hetero) is 2. The first-order chi connectivity index (χ1) is 14.0. The van der Waals surface area contributed by atoms with Crippen LogP contribution in [0.3, 0.4) is 0 Å². The molecule has 156 valence electrons. The van der Waals surface area contributed by atoms with Gasteiger partial charge in [0.25, 0.3) is 5.91 Å². The number of phenols is 1. The van der Waals surface area contributed by atoms with Crippen molar-refractivity contribution in [2.24, 2.45) is 17.6 Å². The molecule has 3 aliphatic rings. The van der Waals surface area contributed by atoms with Crippen molar-refractivity contribution in [2.45, 2.75) is 24.9 Å². The summed E-state index contributed by atoms with van der Waals surface area (Å²) in [6.45, 7) is 3.67. The van der Waals surface area contributed by atoms with E-state index < -0.39 is 52.0 Å². The van der Waals surface area contributed by atoms with Crippen LogP contribution in [0.2, 0.25) is 0 Å². The molecule has 0 aliphatic heterocycles. The number of hydrogen-bond donors (Lipinski definition) is 5. The molecule has 0 radical (unpaired) electrons. The van der Waals surface area contributed by atoms with Gasteiger partial charge >= 0.3 is 0 Å². The normalized spacial score (nSPS) is 28.1. The Labute approximate surface area is 175 Å². The van der Waals surface area contributed by atoms with E-state index in [2.05, 4.69) is 6.58 Å². The summed E-state index contributed by atoms with van der Waals surface area (Å²) in [7, 11) is 0. The Hall–Kier alpha value is -3.10. The number of hydrogen-bond acceptors (Lipinski definition) is 7. The molecule has 0 saturated heterocycles. The van der Waals surface area contributed by atoms with Gasteiger partial charge in [0.1, 0.15) is 22.8 Å². The maximum Gasteiger partial charge on any atom is 0.255 e. The van der Waals surface area contributed by atoms with Crippen LogP contribution >= 0.6 is 11.6 Å². The van der Waals surface area contributed by atoms with Gasteiger partial charge in [0, 0.05) is 22.9 Å². The van der Waals surface area contributed by atoms with E-state index >= 15 is 0 Å². The van der Waals surface area contributed by atoms with E-state index in [0.29, 0.717) is 11.1 Å². The number of aromatic hydroxyl groups is 1. The van der Waals surface area contributed by atoms with Gasteiger partial charge < -0.3 is 26.2 Å². The molecule has 0 aromatic heterocycles. The van der Waals surface area contributed by atoms with E-state index in [1.165, 1.54) is 12.1 Å². The van der Waals surface area contributed by atoms with Gasteiger partial charge in [0.2, 0.25) is 5.78 Å². The minimum absolute atomic E-state index is 0.0623. The molecule has 0 saturated carbocycles. The molecule has 0 bridgehead atoms. The topological polar surface area (TPSA) is 158 Å². The SMILES string of the molecule is C=C(Cl)c1ccc(O)c2c1C[C@H]1C[C@H]3CC(O)=C(C(N)=O)C(=O)[C@@]3(O)C(O)=C1C2=O. The zero-order valence-corrected chi connectivity index (χ0v) is 16.4. The second kappa shape index (κ2) is 6.45. The number of allylic oxidation sites excluding steroid dienone is 2. The highest BCUT2D eigenvalue weighted by atomic mass is 35.5. The second-order valence-electron chi connectivity index (χ2n) is 7.80. The standard InChI is InChI=1S/C21H18ClNO7/c1-7(22)10-2-3-12(24)15-11(10)5-8-4-9-6-13(25)16(20(23)29)19(28)21(9,30)18(27)14(8)17(15)26/h2-3,8-9,24-25,27,30H,1,4-6H2,(H2,23,29)/t8-,9+,21+/m1/s1. The molecule has 0 spiro atoms. The van der Waals surface area contributed by atoms with Gasteiger partial charge in [-0.15, -0.1) is 0 Å². The van der Waals surface area contributed by atoms with Crippen LogP contribution in [0.4, 0.5) is 0 Å². The number of aliphatic hydroxyl groups excluding tert-OH is 2. The zero-order valence-electron chi connectivity index (χ0n) is 15.6. The Bertz CT molecular complexity index is 1130. The molecule has 8 nitrogen and oxygen atoms in total. The molecule has 9 heteroatoms. The van der Waals surface area contributed by atoms with Gasteiger partial charge in [-0.25, -0.2) is 0 Å². The number of ketones is 2. The summed E-state index contributed by atoms with van der Waals surface area (Å²) in [4.78, 5) is 37.7. The molecular formula is C21H18ClNO7. The maximum atomic E-state index is 13.2. The lowest BCUT2D eigenvalue weighted by molar-refractivity contribution is -0.144. The predicted octanol–water partition coefficient (Wildman–Crippen LogP) is 1.79. The summed E-state index contributed by atoms with van der Waals surface area (Å²) >= 11 is 6.04. The van der Waals surface area contributed by atoms with Gasteiger partial charge in [-0.05, 0) is 42.0 Å². The number of rotatable bonds is 2. The number of carbonyl (C=O) groups excluding carboxylic acids is 3. The first-order valence-corrected chi connectivity index (χ1v) is 9.54. The van der Waals surface area contributed by atoms with Gasteiger partial charge in [-0.3, -0.25) is 14.4 Å². The lowest BCUT2D eigenvalue weighted by Crippen LogP contribution is -2.57. The van der Waals surface area contributed by atoms with E-state index in [-0.39, 0.29) is 41.2 Å². The average molecular weight is 432 g/mol. The molecule has 1 aromatic rings. The van der Waals surface area contributed by atoms with Crippen molar-refractivity contribution >= 4 is 34.1 Å². The van der Waals surface area contributed by atoms with Gasteiger partial charge in [0.05, 0.1) is 5.56 Å². The molecule has 1 aromatic carbocycles. The quantitative estimate of drug-likeness (QED) is 0.446. The molecule has 1 amide bonds. The third-order valence-corrected chi connectivity index (χ3v) is 6.44. The fraction of sp³-hybridized carbons (Fsp3) is 0.286. The monoisotopic (exact) mass is 431 g/mol. The van der Waals surface area contributed by atoms with Crippen molar-refractivity contribution in [1.29, 1.82) is 0 Å². The minimum Gasteiger partial charge on any atom is -0.511 e. The van der Waals surface area contributed by atoms with Crippen molar-refractivity contribution < 1.29 is 34.8 Å². The Morgan fingerprint density at radius 3 is 2.47 bits per heavy atom. The third-order valence-electron chi connectivity index (χ3n) is 6.24. The highest BCUT2D eigenvalue weighted by Gasteiger charge is 2.59. The summed E-state index contributed by atoms with van der Waals surface area (Å²) < 4.78 is 0. The van der Waals surface area contributed by atoms with Crippen LogP contribution in [-0.4, -0.2) is 43.5 Å². The summed E-state index contributed by atoms with van der Waals surface area (Å²) in [5.74, 6) is -6.62. The molecular weight excluding hydrogens is 414 g/mol. The minimum atomic E-state index is -2.57. The van der Waals surface area contributed by atoms with Crippen LogP contribution in [-0.2, 0) is 16.0 Å². The van der Waals surface area contributed by atoms with Crippen molar-refractivity contribution in [3.05, 3.63) is 58.1 Å². The lowest BCUT2D eigenvalue weighted by atomic mass is 9.60. The zero-order chi connectivity index (χ0) is 22.1. The fourth-order valence-electron chi connectivity index (χ4n) is 4.87. The molecule has 0 heterocycles. The molecule has 6 N–H and O–H groups in total. The van der Waals surface area contributed by atoms with Crippen LogP contribution in [0, 0.1) is 11.8 Å². The van der Waals surface area contributed by atoms with E-state index in [9.17, 15) is 34.8 Å². The van der Waals surface area contributed by atoms with Crippen molar-refractivity contribution in [3.8, 4) is 5.75 Å². The molecule has 0 fully saturated rings. The molecule has 0 unspecified atom stereocenters. The van der Waals surface area contributed by atoms with Gasteiger partial charge in [-0.1, -0.05) is 18.2 Å². The van der Waals surface area contributed by atoms with Gasteiger partial charge in [0.15, 0.2) is 11.4 Å². The van der Waals surface area contributed by atoms with Gasteiger partial charge in [-0.2, -0.15) is 0 Å². The number of carbonyl (C=O) groups is 3. The Morgan fingerprint density at radius 2 is 1.87 bits per heavy atom. The second-order valence-corrected chi connectivity index (χ2v) is 8.26. The number of aliphatic hydroxyl groups is 3. The summed E-state index contributed by atoms with van der Waals surface area (Å²) in [5, 5.41) is 42.6. The first-order valence-electron chi connectivity index (χ1n) is 9.17. The number of fused-ring (bicyclic) bond motifs is 3. The highest BCUT2D eigenvalue weighted by Crippen LogP contribution is 2.52. The summed E-state index contributed by atoms with van der Waals surface area (Å²) in [6.07, 6.45) is -0.0266. The fourth-order valence-corrected chi connectivity index (χ4v) is 5.05. The molecule has 4 rings (SSSR count). The highest BCUT2D eigenvalue weighted by molar-refractivity contribution is 6.48. The Morgan fingerprint density at radius 1 is 1.20 bits per heavy atom. The molecule has 30 heavy (non-hydrogen) atoms. The number of halogens is 1. The van der Waals surface area contributed by atoms with Crippen molar-refractivity contribution in [3.63, 3.8) is 0 Å². The van der Waals surface area contributed by atoms with E-state index in [0.717, 1.165) is 0 Å². The summed E-state index contributed by atoms with van der Waals surface area (Å²) in [5.41, 5.74) is 2.40. The summed E-state index contributed by atoms with van der Waals surface area (Å²) in [6, 6.07) is 2.80. The number of phenolic OH excluding ortho intramolecular Hbond substituents is 1. The van der Waals surface area contributed by atoms with Crippen LogP contribution in [0.15, 0.2) is 41.4 Å². The lowest BCUT2D eigenvalue weighted by Gasteiger charge is -2.45.